The average Bonchev–Trinajstić information content (AvgIpc) is 2.33. The summed E-state index contributed by atoms with van der Waals surface area (Å²) in [7, 11) is -1.51. The second kappa shape index (κ2) is 6.45. The molecule has 7 heteroatoms. The zero-order chi connectivity index (χ0) is 16.6. The van der Waals surface area contributed by atoms with E-state index in [0.29, 0.717) is 16.9 Å². The fourth-order valence-electron chi connectivity index (χ4n) is 1.92. The van der Waals surface area contributed by atoms with Gasteiger partial charge in [-0.2, -0.15) is 0 Å². The second-order valence-electron chi connectivity index (χ2n) is 5.51. The fraction of sp³-hybridized carbons (Fsp3) is 0.500. The SMILES string of the molecule is CCc1c(C(=O)O)ccc(C(Cl)(Cl)Cl)c1[S@@](=O)C(C)(C)C. The predicted octanol–water partition coefficient (Wildman–Crippen LogP) is 4.68. The fourth-order valence-corrected chi connectivity index (χ4v) is 4.07. The molecule has 0 aliphatic rings. The predicted molar refractivity (Wildman–Crippen MR) is 88.2 cm³/mol. The van der Waals surface area contributed by atoms with E-state index in [1.807, 2.05) is 0 Å². The van der Waals surface area contributed by atoms with Crippen LogP contribution in [0.2, 0.25) is 0 Å². The summed E-state index contributed by atoms with van der Waals surface area (Å²) in [4.78, 5) is 11.7. The van der Waals surface area contributed by atoms with Gasteiger partial charge in [0.05, 0.1) is 21.3 Å². The van der Waals surface area contributed by atoms with E-state index >= 15 is 0 Å². The van der Waals surface area contributed by atoms with Crippen LogP contribution in [0.25, 0.3) is 0 Å². The molecule has 0 unspecified atom stereocenters. The first-order valence-electron chi connectivity index (χ1n) is 6.29. The van der Waals surface area contributed by atoms with Crippen LogP contribution in [0.1, 0.15) is 49.2 Å². The molecule has 1 aromatic carbocycles. The van der Waals surface area contributed by atoms with Crippen LogP contribution in [0, 0.1) is 0 Å². The number of carboxylic acid groups (broad SMARTS) is 1. The molecule has 0 saturated heterocycles. The first-order chi connectivity index (χ1) is 9.41. The Kier molecular flexibility index (Phi) is 5.76. The van der Waals surface area contributed by atoms with Crippen molar-refractivity contribution in [1.29, 1.82) is 0 Å². The Labute approximate surface area is 142 Å². The third-order valence-electron chi connectivity index (χ3n) is 2.89. The molecule has 0 heterocycles. The maximum atomic E-state index is 12.8. The standard InChI is InChI=1S/C14H17Cl3O3S/c1-5-8-9(12(18)19)6-7-10(14(15,16)17)11(8)21(20)13(2,3)4/h6-7H,5H2,1-4H3,(H,18,19)/t21-/m1/s1. The normalized spacial score (nSPS) is 14.0. The first-order valence-corrected chi connectivity index (χ1v) is 8.57. The van der Waals surface area contributed by atoms with E-state index in [1.54, 1.807) is 27.7 Å². The summed E-state index contributed by atoms with van der Waals surface area (Å²) in [5.74, 6) is -1.09. The van der Waals surface area contributed by atoms with Gasteiger partial charge in [-0.25, -0.2) is 4.79 Å². The minimum atomic E-state index is -1.77. The van der Waals surface area contributed by atoms with Gasteiger partial charge in [0.2, 0.25) is 3.79 Å². The molecule has 0 fully saturated rings. The molecule has 1 atom stereocenters. The molecule has 1 N–H and O–H groups in total. The van der Waals surface area contributed by atoms with Crippen molar-refractivity contribution in [2.24, 2.45) is 0 Å². The van der Waals surface area contributed by atoms with Crippen molar-refractivity contribution in [3.05, 3.63) is 28.8 Å². The Morgan fingerprint density at radius 3 is 2.10 bits per heavy atom. The highest BCUT2D eigenvalue weighted by molar-refractivity contribution is 7.86. The van der Waals surface area contributed by atoms with Crippen LogP contribution in [0.5, 0.6) is 0 Å². The number of carbonyl (C=O) groups is 1. The van der Waals surface area contributed by atoms with Gasteiger partial charge in [-0.3, -0.25) is 4.21 Å². The molecular weight excluding hydrogens is 355 g/mol. The van der Waals surface area contributed by atoms with Crippen molar-refractivity contribution in [2.75, 3.05) is 0 Å². The molecule has 0 saturated carbocycles. The number of benzene rings is 1. The molecule has 3 nitrogen and oxygen atoms in total. The van der Waals surface area contributed by atoms with Crippen molar-refractivity contribution >= 4 is 51.6 Å². The Bertz CT molecular complexity index is 586. The lowest BCUT2D eigenvalue weighted by Crippen LogP contribution is -2.26. The maximum absolute atomic E-state index is 12.8. The number of rotatable bonds is 3. The molecule has 0 radical (unpaired) electrons. The van der Waals surface area contributed by atoms with Gasteiger partial charge in [-0.15, -0.1) is 0 Å². The number of halogens is 3. The molecular formula is C14H17Cl3O3S. The molecule has 0 aliphatic carbocycles. The van der Waals surface area contributed by atoms with E-state index in [9.17, 15) is 14.1 Å². The number of hydrogen-bond donors (Lipinski definition) is 1. The summed E-state index contributed by atoms with van der Waals surface area (Å²) in [5.41, 5.74) is 0.797. The van der Waals surface area contributed by atoms with Crippen molar-refractivity contribution in [3.8, 4) is 0 Å². The lowest BCUT2D eigenvalue weighted by atomic mass is 10.0. The van der Waals surface area contributed by atoms with Gasteiger partial charge in [0, 0.05) is 10.3 Å². The minimum absolute atomic E-state index is 0.0862. The van der Waals surface area contributed by atoms with Gasteiger partial charge in [0.25, 0.3) is 0 Å². The zero-order valence-electron chi connectivity index (χ0n) is 12.2. The number of aromatic carboxylic acids is 1. The highest BCUT2D eigenvalue weighted by atomic mass is 35.6. The van der Waals surface area contributed by atoms with Gasteiger partial charge >= 0.3 is 5.97 Å². The summed E-state index contributed by atoms with van der Waals surface area (Å²) in [6.07, 6.45) is 0.382. The van der Waals surface area contributed by atoms with Gasteiger partial charge in [0.1, 0.15) is 0 Å². The quantitative estimate of drug-likeness (QED) is 0.785. The molecule has 1 aromatic rings. The van der Waals surface area contributed by atoms with E-state index in [0.717, 1.165) is 0 Å². The largest absolute Gasteiger partial charge is 0.478 e. The first kappa shape index (κ1) is 18.8. The third-order valence-corrected chi connectivity index (χ3v) is 5.45. The monoisotopic (exact) mass is 370 g/mol. The topological polar surface area (TPSA) is 54.4 Å². The number of carboxylic acids is 1. The molecule has 0 bridgehead atoms. The number of hydrogen-bond acceptors (Lipinski definition) is 2. The summed E-state index contributed by atoms with van der Waals surface area (Å²) < 4.78 is 10.5. The van der Waals surface area contributed by atoms with Crippen molar-refractivity contribution < 1.29 is 14.1 Å². The molecule has 0 amide bonds. The molecule has 0 aliphatic heterocycles. The third kappa shape index (κ3) is 4.13. The highest BCUT2D eigenvalue weighted by Gasteiger charge is 2.35. The Morgan fingerprint density at radius 1 is 1.24 bits per heavy atom. The molecule has 0 spiro atoms. The van der Waals surface area contributed by atoms with Crippen molar-refractivity contribution in [3.63, 3.8) is 0 Å². The summed E-state index contributed by atoms with van der Waals surface area (Å²) in [6, 6.07) is 2.82. The Balaban J connectivity index is 3.80. The lowest BCUT2D eigenvalue weighted by molar-refractivity contribution is 0.0695. The number of alkyl halides is 3. The molecule has 118 valence electrons. The summed E-state index contributed by atoms with van der Waals surface area (Å²) in [5, 5.41) is 9.30. The smallest absolute Gasteiger partial charge is 0.336 e. The maximum Gasteiger partial charge on any atom is 0.336 e. The van der Waals surface area contributed by atoms with E-state index in [-0.39, 0.29) is 11.1 Å². The zero-order valence-corrected chi connectivity index (χ0v) is 15.3. The van der Waals surface area contributed by atoms with Crippen LogP contribution in [0.4, 0.5) is 0 Å². The van der Waals surface area contributed by atoms with Crippen molar-refractivity contribution in [2.45, 2.75) is 47.6 Å². The van der Waals surface area contributed by atoms with Gasteiger partial charge in [-0.05, 0) is 38.8 Å². The van der Waals surface area contributed by atoms with Crippen LogP contribution < -0.4 is 0 Å². The van der Waals surface area contributed by atoms with E-state index in [4.69, 9.17) is 34.8 Å². The van der Waals surface area contributed by atoms with Crippen LogP contribution in [-0.4, -0.2) is 20.0 Å². The van der Waals surface area contributed by atoms with Gasteiger partial charge in [-0.1, -0.05) is 47.8 Å². The van der Waals surface area contributed by atoms with E-state index in [2.05, 4.69) is 0 Å². The Hall–Kier alpha value is -0.290. The lowest BCUT2D eigenvalue weighted by Gasteiger charge is -2.25. The molecule has 1 rings (SSSR count). The summed E-state index contributed by atoms with van der Waals surface area (Å²) >= 11 is 17.9. The minimum Gasteiger partial charge on any atom is -0.478 e. The van der Waals surface area contributed by atoms with Crippen molar-refractivity contribution in [1.82, 2.24) is 0 Å². The van der Waals surface area contributed by atoms with Crippen LogP contribution in [-0.2, 0) is 21.0 Å². The van der Waals surface area contributed by atoms with Crippen LogP contribution in [0.15, 0.2) is 17.0 Å². The molecule has 21 heavy (non-hydrogen) atoms. The van der Waals surface area contributed by atoms with E-state index in [1.165, 1.54) is 12.1 Å². The van der Waals surface area contributed by atoms with E-state index < -0.39 is 25.3 Å². The highest BCUT2D eigenvalue weighted by Crippen LogP contribution is 2.44. The van der Waals surface area contributed by atoms with Crippen LogP contribution in [0.3, 0.4) is 0 Å². The van der Waals surface area contributed by atoms with Gasteiger partial charge in [0.15, 0.2) is 0 Å². The Morgan fingerprint density at radius 2 is 1.76 bits per heavy atom. The van der Waals surface area contributed by atoms with Gasteiger partial charge < -0.3 is 5.11 Å². The second-order valence-corrected chi connectivity index (χ2v) is 9.96. The summed E-state index contributed by atoms with van der Waals surface area (Å²) in [6.45, 7) is 7.15. The molecule has 0 aromatic heterocycles. The van der Waals surface area contributed by atoms with Crippen LogP contribution >= 0.6 is 34.8 Å². The average molecular weight is 372 g/mol.